The second-order valence-corrected chi connectivity index (χ2v) is 5.48. The first-order valence-electron chi connectivity index (χ1n) is 7.72. The molecular weight excluding hydrogens is 335 g/mol. The molecule has 0 saturated heterocycles. The molecule has 0 unspecified atom stereocenters. The Hall–Kier alpha value is -2.84. The van der Waals surface area contributed by atoms with E-state index in [1.54, 1.807) is 23.0 Å². The fourth-order valence-corrected chi connectivity index (χ4v) is 2.59. The van der Waals surface area contributed by atoms with E-state index in [0.717, 1.165) is 10.6 Å². The number of carbonyl (C=O) groups is 1. The maximum atomic E-state index is 13.2. The molecular formula is C16H16F3N5O. The standard InChI is InChI=1S/C16H16F3N5O/c1-2-23-10-12(9-21-23)22-14(25)5-7-24-13(16(17,18)19)8-11-4-3-6-20-15(11)24/h3-4,6,8-10H,2,5,7H2,1H3,(H,22,25). The van der Waals surface area contributed by atoms with Crippen LogP contribution in [-0.4, -0.2) is 25.2 Å². The lowest BCUT2D eigenvalue weighted by Gasteiger charge is -2.12. The predicted octanol–water partition coefficient (Wildman–Crippen LogP) is 3.30. The molecule has 3 heterocycles. The molecule has 0 aromatic carbocycles. The molecule has 0 radical (unpaired) electrons. The van der Waals surface area contributed by atoms with Gasteiger partial charge >= 0.3 is 6.18 Å². The van der Waals surface area contributed by atoms with Gasteiger partial charge in [0.25, 0.3) is 0 Å². The maximum Gasteiger partial charge on any atom is 0.431 e. The van der Waals surface area contributed by atoms with Crippen LogP contribution in [-0.2, 0) is 24.1 Å². The van der Waals surface area contributed by atoms with Crippen molar-refractivity contribution in [1.82, 2.24) is 19.3 Å². The van der Waals surface area contributed by atoms with Gasteiger partial charge in [-0.25, -0.2) is 4.98 Å². The Labute approximate surface area is 141 Å². The Balaban J connectivity index is 1.77. The van der Waals surface area contributed by atoms with E-state index >= 15 is 0 Å². The molecule has 0 saturated carbocycles. The Morgan fingerprint density at radius 3 is 2.84 bits per heavy atom. The predicted molar refractivity (Wildman–Crippen MR) is 85.9 cm³/mol. The number of halogens is 3. The van der Waals surface area contributed by atoms with Crippen LogP contribution in [0, 0.1) is 0 Å². The molecule has 3 rings (SSSR count). The quantitative estimate of drug-likeness (QED) is 0.767. The van der Waals surface area contributed by atoms with Crippen molar-refractivity contribution in [2.45, 2.75) is 32.6 Å². The zero-order valence-electron chi connectivity index (χ0n) is 13.4. The Kier molecular flexibility index (Phi) is 4.47. The fraction of sp³-hybridized carbons (Fsp3) is 0.312. The number of hydrogen-bond donors (Lipinski definition) is 1. The first-order valence-corrected chi connectivity index (χ1v) is 7.72. The highest BCUT2D eigenvalue weighted by molar-refractivity contribution is 5.90. The van der Waals surface area contributed by atoms with Gasteiger partial charge in [0, 0.05) is 37.3 Å². The lowest BCUT2D eigenvalue weighted by molar-refractivity contribution is -0.143. The van der Waals surface area contributed by atoms with Gasteiger partial charge in [-0.15, -0.1) is 0 Å². The highest BCUT2D eigenvalue weighted by atomic mass is 19.4. The summed E-state index contributed by atoms with van der Waals surface area (Å²) in [5, 5.41) is 7.04. The minimum atomic E-state index is -4.51. The van der Waals surface area contributed by atoms with Crippen LogP contribution in [0.4, 0.5) is 18.9 Å². The van der Waals surface area contributed by atoms with Crippen molar-refractivity contribution in [3.63, 3.8) is 0 Å². The normalized spacial score (nSPS) is 11.8. The third-order valence-electron chi connectivity index (χ3n) is 3.75. The van der Waals surface area contributed by atoms with Crippen molar-refractivity contribution < 1.29 is 18.0 Å². The summed E-state index contributed by atoms with van der Waals surface area (Å²) >= 11 is 0. The Morgan fingerprint density at radius 1 is 1.36 bits per heavy atom. The molecule has 0 spiro atoms. The largest absolute Gasteiger partial charge is 0.431 e. The maximum absolute atomic E-state index is 13.2. The summed E-state index contributed by atoms with van der Waals surface area (Å²) in [5.74, 6) is -0.387. The van der Waals surface area contributed by atoms with Crippen molar-refractivity contribution in [3.8, 4) is 0 Å². The Bertz CT molecular complexity index is 897. The number of nitrogens with one attached hydrogen (secondary N) is 1. The molecule has 1 N–H and O–H groups in total. The number of amides is 1. The molecule has 0 aliphatic heterocycles. The third-order valence-corrected chi connectivity index (χ3v) is 3.75. The van der Waals surface area contributed by atoms with E-state index in [-0.39, 0.29) is 24.5 Å². The summed E-state index contributed by atoms with van der Waals surface area (Å²) in [6.07, 6.45) is -0.0425. The summed E-state index contributed by atoms with van der Waals surface area (Å²) in [5.41, 5.74) is -0.0902. The number of aryl methyl sites for hydroxylation is 2. The molecule has 3 aromatic heterocycles. The molecule has 6 nitrogen and oxygen atoms in total. The van der Waals surface area contributed by atoms with Crippen molar-refractivity contribution in [3.05, 3.63) is 42.5 Å². The first kappa shape index (κ1) is 17.0. The van der Waals surface area contributed by atoms with Crippen molar-refractivity contribution in [2.75, 3.05) is 5.32 Å². The topological polar surface area (TPSA) is 64.7 Å². The van der Waals surface area contributed by atoms with Gasteiger partial charge in [0.1, 0.15) is 11.3 Å². The Morgan fingerprint density at radius 2 is 2.16 bits per heavy atom. The summed E-state index contributed by atoms with van der Waals surface area (Å²) in [6, 6.07) is 4.18. The lowest BCUT2D eigenvalue weighted by atomic mass is 10.3. The van der Waals surface area contributed by atoms with Crippen LogP contribution in [0.1, 0.15) is 19.0 Å². The van der Waals surface area contributed by atoms with E-state index in [1.807, 2.05) is 6.92 Å². The zero-order chi connectivity index (χ0) is 18.0. The zero-order valence-corrected chi connectivity index (χ0v) is 13.4. The highest BCUT2D eigenvalue weighted by Gasteiger charge is 2.35. The molecule has 0 atom stereocenters. The molecule has 3 aromatic rings. The van der Waals surface area contributed by atoms with Gasteiger partial charge in [0.15, 0.2) is 0 Å². The summed E-state index contributed by atoms with van der Waals surface area (Å²) in [6.45, 7) is 2.44. The number of nitrogens with zero attached hydrogens (tertiary/aromatic N) is 4. The number of hydrogen-bond acceptors (Lipinski definition) is 3. The third kappa shape index (κ3) is 3.65. The van der Waals surface area contributed by atoms with Gasteiger partial charge in [-0.05, 0) is 25.1 Å². The van der Waals surface area contributed by atoms with Crippen LogP contribution in [0.15, 0.2) is 36.8 Å². The van der Waals surface area contributed by atoms with Gasteiger partial charge in [-0.2, -0.15) is 18.3 Å². The number of aromatic nitrogens is 4. The molecule has 9 heteroatoms. The summed E-state index contributed by atoms with van der Waals surface area (Å²) in [7, 11) is 0. The molecule has 25 heavy (non-hydrogen) atoms. The van der Waals surface area contributed by atoms with Crippen LogP contribution in [0.25, 0.3) is 11.0 Å². The second kappa shape index (κ2) is 6.58. The number of fused-ring (bicyclic) bond motifs is 1. The molecule has 0 aliphatic rings. The van der Waals surface area contributed by atoms with Crippen molar-refractivity contribution in [1.29, 1.82) is 0 Å². The molecule has 0 aliphatic carbocycles. The minimum Gasteiger partial charge on any atom is -0.323 e. The van der Waals surface area contributed by atoms with Crippen LogP contribution < -0.4 is 5.32 Å². The van der Waals surface area contributed by atoms with E-state index in [1.165, 1.54) is 12.4 Å². The van der Waals surface area contributed by atoms with Crippen LogP contribution in [0.5, 0.6) is 0 Å². The van der Waals surface area contributed by atoms with E-state index in [4.69, 9.17) is 0 Å². The molecule has 0 bridgehead atoms. The van der Waals surface area contributed by atoms with E-state index in [2.05, 4.69) is 15.4 Å². The summed E-state index contributed by atoms with van der Waals surface area (Å²) < 4.78 is 42.4. The number of pyridine rings is 1. The number of alkyl halides is 3. The highest BCUT2D eigenvalue weighted by Crippen LogP contribution is 2.33. The number of anilines is 1. The minimum absolute atomic E-state index is 0.110. The van der Waals surface area contributed by atoms with E-state index in [9.17, 15) is 18.0 Å². The second-order valence-electron chi connectivity index (χ2n) is 5.48. The smallest absolute Gasteiger partial charge is 0.323 e. The average molecular weight is 351 g/mol. The van der Waals surface area contributed by atoms with Crippen LogP contribution >= 0.6 is 0 Å². The van der Waals surface area contributed by atoms with E-state index < -0.39 is 11.9 Å². The number of rotatable bonds is 5. The number of carbonyl (C=O) groups excluding carboxylic acids is 1. The van der Waals surface area contributed by atoms with Crippen LogP contribution in [0.3, 0.4) is 0 Å². The van der Waals surface area contributed by atoms with Gasteiger partial charge in [-0.1, -0.05) is 0 Å². The van der Waals surface area contributed by atoms with E-state index in [0.29, 0.717) is 17.6 Å². The first-order chi connectivity index (χ1) is 11.9. The summed E-state index contributed by atoms with van der Waals surface area (Å²) in [4.78, 5) is 16.0. The average Bonchev–Trinajstić information content (AvgIpc) is 3.16. The fourth-order valence-electron chi connectivity index (χ4n) is 2.59. The van der Waals surface area contributed by atoms with Gasteiger partial charge in [-0.3, -0.25) is 9.48 Å². The van der Waals surface area contributed by atoms with Gasteiger partial charge in [0.05, 0.1) is 11.9 Å². The lowest BCUT2D eigenvalue weighted by Crippen LogP contribution is -2.18. The molecule has 1 amide bonds. The molecule has 0 fully saturated rings. The monoisotopic (exact) mass is 351 g/mol. The SMILES string of the molecule is CCn1cc(NC(=O)CCn2c(C(F)(F)F)cc3cccnc32)cn1. The van der Waals surface area contributed by atoms with Gasteiger partial charge in [0.2, 0.25) is 5.91 Å². The van der Waals surface area contributed by atoms with Crippen molar-refractivity contribution >= 4 is 22.6 Å². The van der Waals surface area contributed by atoms with Gasteiger partial charge < -0.3 is 9.88 Å². The van der Waals surface area contributed by atoms with Crippen molar-refractivity contribution in [2.24, 2.45) is 0 Å². The van der Waals surface area contributed by atoms with Crippen LogP contribution in [0.2, 0.25) is 0 Å². The molecule has 132 valence electrons.